The minimum Gasteiger partial charge on any atom is -0.493 e. The van der Waals surface area contributed by atoms with Crippen LogP contribution in [0.1, 0.15) is 18.1 Å². The van der Waals surface area contributed by atoms with E-state index in [4.69, 9.17) is 42.1 Å². The average molecular weight is 574 g/mol. The smallest absolute Gasteiger partial charge is 0.262 e. The topological polar surface area (TPSA) is 107 Å². The number of hydrogen-bond acceptors (Lipinski definition) is 7. The second-order valence-corrected chi connectivity index (χ2v) is 9.12. The van der Waals surface area contributed by atoms with Gasteiger partial charge >= 0.3 is 0 Å². The first-order valence-electron chi connectivity index (χ1n) is 11.8. The second kappa shape index (κ2) is 14.3. The first-order chi connectivity index (χ1) is 18.7. The predicted molar refractivity (Wildman–Crippen MR) is 150 cm³/mol. The summed E-state index contributed by atoms with van der Waals surface area (Å²) in [6.45, 7) is 1.56. The maximum Gasteiger partial charge on any atom is 0.262 e. The van der Waals surface area contributed by atoms with E-state index >= 15 is 0 Å². The van der Waals surface area contributed by atoms with Gasteiger partial charge in [0, 0.05) is 17.0 Å². The van der Waals surface area contributed by atoms with E-state index in [2.05, 4.69) is 15.8 Å². The number of amides is 2. The minimum atomic E-state index is -0.947. The highest BCUT2D eigenvalue weighted by molar-refractivity contribution is 6.35. The van der Waals surface area contributed by atoms with Crippen LogP contribution in [0.2, 0.25) is 10.0 Å². The summed E-state index contributed by atoms with van der Waals surface area (Å²) in [5.74, 6) is 0.575. The van der Waals surface area contributed by atoms with Gasteiger partial charge in [0.1, 0.15) is 11.8 Å². The van der Waals surface area contributed by atoms with E-state index < -0.39 is 24.0 Å². The van der Waals surface area contributed by atoms with Gasteiger partial charge in [-0.15, -0.1) is 0 Å². The van der Waals surface area contributed by atoms with Gasteiger partial charge in [0.05, 0.1) is 32.6 Å². The molecule has 9 nitrogen and oxygen atoms in total. The van der Waals surface area contributed by atoms with E-state index in [1.807, 2.05) is 30.3 Å². The number of benzene rings is 3. The van der Waals surface area contributed by atoms with Crippen molar-refractivity contribution in [2.75, 3.05) is 21.3 Å². The van der Waals surface area contributed by atoms with Crippen LogP contribution in [0.25, 0.3) is 0 Å². The molecule has 206 valence electrons. The molecule has 0 aliphatic heterocycles. The zero-order chi connectivity index (χ0) is 28.4. The van der Waals surface area contributed by atoms with Gasteiger partial charge < -0.3 is 24.3 Å². The van der Waals surface area contributed by atoms with Crippen LogP contribution >= 0.6 is 23.2 Å². The lowest BCUT2D eigenvalue weighted by atomic mass is 10.1. The summed E-state index contributed by atoms with van der Waals surface area (Å²) in [5.41, 5.74) is 3.93. The lowest BCUT2D eigenvalue weighted by Gasteiger charge is -2.21. The van der Waals surface area contributed by atoms with Crippen LogP contribution in [0.5, 0.6) is 23.0 Å². The van der Waals surface area contributed by atoms with Crippen molar-refractivity contribution in [2.24, 2.45) is 5.10 Å². The van der Waals surface area contributed by atoms with Gasteiger partial charge in [0.15, 0.2) is 17.6 Å². The molecule has 0 spiro atoms. The molecule has 0 saturated heterocycles. The summed E-state index contributed by atoms with van der Waals surface area (Å²) < 4.78 is 21.7. The molecule has 39 heavy (non-hydrogen) atoms. The molecular weight excluding hydrogens is 545 g/mol. The molecule has 0 fully saturated rings. The molecular formula is C28H29Cl2N3O6. The molecule has 0 heterocycles. The van der Waals surface area contributed by atoms with Crippen molar-refractivity contribution in [1.29, 1.82) is 0 Å². The van der Waals surface area contributed by atoms with Crippen molar-refractivity contribution in [3.63, 3.8) is 0 Å². The van der Waals surface area contributed by atoms with Crippen LogP contribution in [-0.4, -0.2) is 51.5 Å². The largest absolute Gasteiger partial charge is 0.493 e. The highest BCUT2D eigenvalue weighted by atomic mass is 35.5. The quantitative estimate of drug-likeness (QED) is 0.241. The molecule has 3 rings (SSSR count). The Morgan fingerprint density at radius 2 is 1.56 bits per heavy atom. The number of carbonyl (C=O) groups is 2. The van der Waals surface area contributed by atoms with Gasteiger partial charge in [0.2, 0.25) is 5.75 Å². The number of carbonyl (C=O) groups excluding carboxylic acids is 2. The zero-order valence-corrected chi connectivity index (χ0v) is 23.4. The van der Waals surface area contributed by atoms with Gasteiger partial charge in [-0.3, -0.25) is 9.59 Å². The zero-order valence-electron chi connectivity index (χ0n) is 21.9. The molecule has 11 heteroatoms. The third kappa shape index (κ3) is 8.27. The standard InChI is InChI=1S/C28H29Cl2N3O6/c1-17(39-23-11-10-20(29)15-21(23)30)27(34)32-22(12-18-8-6-5-7-9-18)28(35)33-31-16-19-13-24(36-2)26(38-4)25(14-19)37-3/h5-11,13-17,22H,12H2,1-4H3,(H,32,34)(H,33,35)/b31-16-/t17-,22-/m1/s1. The SMILES string of the molecule is COc1cc(/C=N\NC(=O)[C@@H](Cc2ccccc2)NC(=O)[C@@H](C)Oc2ccc(Cl)cc2Cl)cc(OC)c1OC. The van der Waals surface area contributed by atoms with Gasteiger partial charge in [0.25, 0.3) is 11.8 Å². The highest BCUT2D eigenvalue weighted by Crippen LogP contribution is 2.37. The maximum atomic E-state index is 13.1. The Hall–Kier alpha value is -3.95. The predicted octanol–water partition coefficient (Wildman–Crippen LogP) is 4.66. The van der Waals surface area contributed by atoms with Crippen molar-refractivity contribution < 1.29 is 28.5 Å². The summed E-state index contributed by atoms with van der Waals surface area (Å²) in [4.78, 5) is 26.1. The van der Waals surface area contributed by atoms with Crippen molar-refractivity contribution in [3.8, 4) is 23.0 Å². The fourth-order valence-corrected chi connectivity index (χ4v) is 4.04. The van der Waals surface area contributed by atoms with Crippen molar-refractivity contribution in [1.82, 2.24) is 10.7 Å². The summed E-state index contributed by atoms with van der Waals surface area (Å²) in [6, 6.07) is 16.4. The number of halogens is 2. The molecule has 0 aliphatic rings. The molecule has 0 bridgehead atoms. The Bertz CT molecular complexity index is 1290. The lowest BCUT2D eigenvalue weighted by Crippen LogP contribution is -2.50. The first-order valence-corrected chi connectivity index (χ1v) is 12.6. The van der Waals surface area contributed by atoms with Gasteiger partial charge in [-0.1, -0.05) is 53.5 Å². The van der Waals surface area contributed by atoms with Gasteiger partial charge in [-0.05, 0) is 42.8 Å². The number of hydrazone groups is 1. The molecule has 2 N–H and O–H groups in total. The number of methoxy groups -OCH3 is 3. The number of hydrogen-bond donors (Lipinski definition) is 2. The third-order valence-corrected chi connectivity index (χ3v) is 6.09. The van der Waals surface area contributed by atoms with Crippen LogP contribution in [-0.2, 0) is 16.0 Å². The fourth-order valence-electron chi connectivity index (χ4n) is 3.59. The highest BCUT2D eigenvalue weighted by Gasteiger charge is 2.25. The normalized spacial score (nSPS) is 12.4. The number of rotatable bonds is 12. The van der Waals surface area contributed by atoms with Crippen LogP contribution in [0.15, 0.2) is 65.8 Å². The van der Waals surface area contributed by atoms with E-state index in [-0.39, 0.29) is 11.4 Å². The van der Waals surface area contributed by atoms with Crippen LogP contribution in [0.3, 0.4) is 0 Å². The van der Waals surface area contributed by atoms with Crippen LogP contribution in [0, 0.1) is 0 Å². The summed E-state index contributed by atoms with van der Waals surface area (Å²) >= 11 is 12.1. The summed E-state index contributed by atoms with van der Waals surface area (Å²) in [6.07, 6.45) is 0.711. The summed E-state index contributed by atoms with van der Waals surface area (Å²) in [7, 11) is 4.51. The first kappa shape index (κ1) is 29.6. The van der Waals surface area contributed by atoms with Gasteiger partial charge in [-0.25, -0.2) is 5.43 Å². The molecule has 0 unspecified atom stereocenters. The maximum absolute atomic E-state index is 13.1. The number of nitrogens with zero attached hydrogens (tertiary/aromatic N) is 1. The van der Waals surface area contributed by atoms with E-state index in [9.17, 15) is 9.59 Å². The van der Waals surface area contributed by atoms with Crippen molar-refractivity contribution >= 4 is 41.2 Å². The van der Waals surface area contributed by atoms with E-state index in [1.54, 1.807) is 31.2 Å². The van der Waals surface area contributed by atoms with E-state index in [0.717, 1.165) is 5.56 Å². The second-order valence-electron chi connectivity index (χ2n) is 8.28. The molecule has 0 saturated carbocycles. The molecule has 3 aromatic carbocycles. The lowest BCUT2D eigenvalue weighted by molar-refractivity contribution is -0.132. The molecule has 0 radical (unpaired) electrons. The molecule has 0 aliphatic carbocycles. The Labute approximate surface area is 237 Å². The van der Waals surface area contributed by atoms with Crippen molar-refractivity contribution in [3.05, 3.63) is 81.8 Å². The van der Waals surface area contributed by atoms with Crippen molar-refractivity contribution in [2.45, 2.75) is 25.5 Å². The van der Waals surface area contributed by atoms with Crippen LogP contribution in [0.4, 0.5) is 0 Å². The van der Waals surface area contributed by atoms with E-state index in [0.29, 0.717) is 33.6 Å². The number of ether oxygens (including phenoxy) is 4. The molecule has 0 aromatic heterocycles. The van der Waals surface area contributed by atoms with Crippen LogP contribution < -0.4 is 29.7 Å². The Balaban J connectivity index is 1.74. The monoisotopic (exact) mass is 573 g/mol. The Kier molecular flexibility index (Phi) is 10.8. The molecule has 3 aromatic rings. The molecule has 2 amide bonds. The van der Waals surface area contributed by atoms with E-state index in [1.165, 1.54) is 33.6 Å². The summed E-state index contributed by atoms with van der Waals surface area (Å²) in [5, 5.41) is 7.51. The third-order valence-electron chi connectivity index (χ3n) is 5.56. The number of nitrogens with one attached hydrogen (secondary N) is 2. The Morgan fingerprint density at radius 3 is 2.15 bits per heavy atom. The van der Waals surface area contributed by atoms with Gasteiger partial charge in [-0.2, -0.15) is 5.10 Å². The average Bonchev–Trinajstić information content (AvgIpc) is 2.93. The minimum absolute atomic E-state index is 0.229. The molecule has 2 atom stereocenters. The Morgan fingerprint density at radius 1 is 0.897 bits per heavy atom. The fraction of sp³-hybridized carbons (Fsp3) is 0.250.